The number of rotatable bonds is 2. The maximum atomic E-state index is 11.7. The number of hydrogen-bond acceptors (Lipinski definition) is 4. The van der Waals surface area contributed by atoms with Crippen LogP contribution in [0.4, 0.5) is 0 Å². The van der Waals surface area contributed by atoms with Crippen LogP contribution in [0.1, 0.15) is 12.5 Å². The lowest BCUT2D eigenvalue weighted by molar-refractivity contribution is -0.422. The lowest BCUT2D eigenvalue weighted by Crippen LogP contribution is -2.10. The summed E-state index contributed by atoms with van der Waals surface area (Å²) in [5.41, 5.74) is -0.405. The summed E-state index contributed by atoms with van der Waals surface area (Å²) < 4.78 is 0. The number of nitrogens with zero attached hydrogens (tertiary/aromatic N) is 1. The van der Waals surface area contributed by atoms with E-state index in [1.165, 1.54) is 6.92 Å². The van der Waals surface area contributed by atoms with Crippen molar-refractivity contribution in [3.8, 4) is 5.75 Å². The minimum atomic E-state index is -0.617. The van der Waals surface area contributed by atoms with E-state index in [0.29, 0.717) is 10.9 Å². The van der Waals surface area contributed by atoms with E-state index in [9.17, 15) is 20.0 Å². The molecule has 1 heterocycles. The fourth-order valence-electron chi connectivity index (χ4n) is 1.64. The third-order valence-electron chi connectivity index (χ3n) is 2.57. The molecule has 0 bridgehead atoms. The van der Waals surface area contributed by atoms with Gasteiger partial charge in [-0.3, -0.25) is 14.9 Å². The van der Waals surface area contributed by atoms with Gasteiger partial charge in [0.15, 0.2) is 0 Å². The summed E-state index contributed by atoms with van der Waals surface area (Å²) in [4.78, 5) is 24.2. The SMILES string of the molecule is C/C(=C/c1c(O)c2ccccc2[nH]c1=O)[N+](=O)[O-]. The number of allylic oxidation sites excluding steroid dienone is 1. The molecule has 92 valence electrons. The van der Waals surface area contributed by atoms with E-state index in [1.54, 1.807) is 24.3 Å². The maximum absolute atomic E-state index is 11.7. The van der Waals surface area contributed by atoms with E-state index in [2.05, 4.69) is 4.98 Å². The Kier molecular flexibility index (Phi) is 2.85. The second-order valence-corrected chi connectivity index (χ2v) is 3.80. The molecular formula is C12H10N2O4. The van der Waals surface area contributed by atoms with Crippen LogP contribution in [-0.2, 0) is 0 Å². The number of pyridine rings is 1. The lowest BCUT2D eigenvalue weighted by Gasteiger charge is -2.03. The molecule has 0 fully saturated rings. The van der Waals surface area contributed by atoms with Gasteiger partial charge in [0.2, 0.25) is 5.70 Å². The van der Waals surface area contributed by atoms with Crippen molar-refractivity contribution in [2.24, 2.45) is 0 Å². The Morgan fingerprint density at radius 1 is 1.44 bits per heavy atom. The molecule has 1 aromatic carbocycles. The summed E-state index contributed by atoms with van der Waals surface area (Å²) in [5, 5.41) is 21.0. The number of aromatic nitrogens is 1. The summed E-state index contributed by atoms with van der Waals surface area (Å²) in [6.07, 6.45) is 1.06. The van der Waals surface area contributed by atoms with Crippen LogP contribution in [0.25, 0.3) is 17.0 Å². The maximum Gasteiger partial charge on any atom is 0.259 e. The van der Waals surface area contributed by atoms with Gasteiger partial charge in [-0.15, -0.1) is 0 Å². The molecule has 6 heteroatoms. The van der Waals surface area contributed by atoms with Crippen LogP contribution >= 0.6 is 0 Å². The zero-order valence-electron chi connectivity index (χ0n) is 9.51. The molecule has 2 rings (SSSR count). The molecule has 0 saturated carbocycles. The van der Waals surface area contributed by atoms with Gasteiger partial charge in [-0.05, 0) is 12.1 Å². The number of hydrogen-bond donors (Lipinski definition) is 2. The minimum absolute atomic E-state index is 0.108. The molecule has 0 unspecified atom stereocenters. The quantitative estimate of drug-likeness (QED) is 0.624. The van der Waals surface area contributed by atoms with E-state index < -0.39 is 10.5 Å². The highest BCUT2D eigenvalue weighted by Gasteiger charge is 2.12. The number of H-pyrrole nitrogens is 1. The van der Waals surface area contributed by atoms with Crippen molar-refractivity contribution in [1.82, 2.24) is 4.98 Å². The fourth-order valence-corrected chi connectivity index (χ4v) is 1.64. The smallest absolute Gasteiger partial charge is 0.259 e. The first-order valence-electron chi connectivity index (χ1n) is 5.17. The highest BCUT2D eigenvalue weighted by Crippen LogP contribution is 2.25. The standard InChI is InChI=1S/C12H10N2O4/c1-7(14(17)18)6-9-11(15)8-4-2-3-5-10(8)13-12(9)16/h2-6H,1H3,(H2,13,15,16)/b7-6-. The van der Waals surface area contributed by atoms with E-state index >= 15 is 0 Å². The first-order chi connectivity index (χ1) is 8.50. The van der Waals surface area contributed by atoms with Gasteiger partial charge in [0.05, 0.1) is 16.0 Å². The van der Waals surface area contributed by atoms with Gasteiger partial charge in [0.1, 0.15) is 5.75 Å². The highest BCUT2D eigenvalue weighted by molar-refractivity contribution is 5.88. The third kappa shape index (κ3) is 1.95. The minimum Gasteiger partial charge on any atom is -0.506 e. The van der Waals surface area contributed by atoms with Gasteiger partial charge in [-0.25, -0.2) is 0 Å². The largest absolute Gasteiger partial charge is 0.506 e. The number of para-hydroxylation sites is 1. The van der Waals surface area contributed by atoms with Gasteiger partial charge in [0.25, 0.3) is 5.56 Å². The van der Waals surface area contributed by atoms with Crippen molar-refractivity contribution in [3.63, 3.8) is 0 Å². The molecule has 0 saturated heterocycles. The van der Waals surface area contributed by atoms with E-state index in [1.807, 2.05) is 0 Å². The average Bonchev–Trinajstić information content (AvgIpc) is 2.34. The van der Waals surface area contributed by atoms with Crippen molar-refractivity contribution in [2.75, 3.05) is 0 Å². The molecule has 2 aromatic rings. The van der Waals surface area contributed by atoms with Crippen molar-refractivity contribution >= 4 is 17.0 Å². The average molecular weight is 246 g/mol. The molecule has 0 atom stereocenters. The number of nitrogens with one attached hydrogen (secondary N) is 1. The van der Waals surface area contributed by atoms with Crippen LogP contribution in [0.5, 0.6) is 5.75 Å². The van der Waals surface area contributed by atoms with E-state index in [-0.39, 0.29) is 17.0 Å². The molecule has 0 aliphatic carbocycles. The molecule has 2 N–H and O–H groups in total. The number of aromatic hydroxyl groups is 1. The number of nitro groups is 1. The van der Waals surface area contributed by atoms with Crippen LogP contribution in [-0.4, -0.2) is 15.0 Å². The Balaban J connectivity index is 2.76. The van der Waals surface area contributed by atoms with Crippen molar-refractivity contribution in [1.29, 1.82) is 0 Å². The Morgan fingerprint density at radius 3 is 2.78 bits per heavy atom. The molecule has 18 heavy (non-hydrogen) atoms. The topological polar surface area (TPSA) is 96.2 Å². The molecule has 0 aliphatic rings. The first kappa shape index (κ1) is 11.8. The molecule has 0 aliphatic heterocycles. The molecular weight excluding hydrogens is 236 g/mol. The highest BCUT2D eigenvalue weighted by atomic mass is 16.6. The monoisotopic (exact) mass is 246 g/mol. The second-order valence-electron chi connectivity index (χ2n) is 3.80. The zero-order chi connectivity index (χ0) is 13.3. The van der Waals surface area contributed by atoms with Crippen LogP contribution in [0.2, 0.25) is 0 Å². The summed E-state index contributed by atoms with van der Waals surface area (Å²) in [7, 11) is 0. The lowest BCUT2D eigenvalue weighted by atomic mass is 10.1. The Bertz CT molecular complexity index is 716. The molecule has 6 nitrogen and oxygen atoms in total. The van der Waals surface area contributed by atoms with Gasteiger partial charge < -0.3 is 10.1 Å². The van der Waals surface area contributed by atoms with Gasteiger partial charge in [-0.2, -0.15) is 0 Å². The molecule has 0 radical (unpaired) electrons. The van der Waals surface area contributed by atoms with Crippen LogP contribution in [0, 0.1) is 10.1 Å². The Hall–Kier alpha value is -2.63. The fraction of sp³-hybridized carbons (Fsp3) is 0.0833. The van der Waals surface area contributed by atoms with E-state index in [0.717, 1.165) is 6.08 Å². The van der Waals surface area contributed by atoms with Crippen molar-refractivity contribution in [2.45, 2.75) is 6.92 Å². The normalized spacial score (nSPS) is 11.7. The van der Waals surface area contributed by atoms with Crippen LogP contribution in [0.3, 0.4) is 0 Å². The summed E-state index contributed by atoms with van der Waals surface area (Å²) in [5.74, 6) is -0.254. The van der Waals surface area contributed by atoms with Gasteiger partial charge in [-0.1, -0.05) is 12.1 Å². The van der Waals surface area contributed by atoms with Crippen molar-refractivity contribution in [3.05, 3.63) is 56.0 Å². The van der Waals surface area contributed by atoms with Crippen LogP contribution in [0.15, 0.2) is 34.8 Å². The second kappa shape index (κ2) is 4.33. The third-order valence-corrected chi connectivity index (χ3v) is 2.57. The van der Waals surface area contributed by atoms with Gasteiger partial charge in [0, 0.05) is 18.4 Å². The molecule has 1 aromatic heterocycles. The summed E-state index contributed by atoms with van der Waals surface area (Å²) in [6, 6.07) is 6.69. The number of benzene rings is 1. The predicted octanol–water partition coefficient (Wildman–Crippen LogP) is 1.87. The summed E-state index contributed by atoms with van der Waals surface area (Å²) >= 11 is 0. The Labute approximate surface area is 101 Å². The number of fused-ring (bicyclic) bond motifs is 1. The molecule has 0 spiro atoms. The molecule has 0 amide bonds. The van der Waals surface area contributed by atoms with Crippen molar-refractivity contribution < 1.29 is 10.0 Å². The van der Waals surface area contributed by atoms with Crippen LogP contribution < -0.4 is 5.56 Å². The Morgan fingerprint density at radius 2 is 2.11 bits per heavy atom. The zero-order valence-corrected chi connectivity index (χ0v) is 9.51. The summed E-state index contributed by atoms with van der Waals surface area (Å²) in [6.45, 7) is 1.26. The first-order valence-corrected chi connectivity index (χ1v) is 5.17. The number of aromatic amines is 1. The predicted molar refractivity (Wildman–Crippen MR) is 66.9 cm³/mol. The van der Waals surface area contributed by atoms with E-state index in [4.69, 9.17) is 0 Å². The van der Waals surface area contributed by atoms with Gasteiger partial charge >= 0.3 is 0 Å².